The number of nitrogens with zero attached hydrogens (tertiary/aromatic N) is 4. The minimum atomic E-state index is -0.187. The molecule has 1 aliphatic heterocycles. The Bertz CT molecular complexity index is 1070. The average Bonchev–Trinajstić information content (AvgIpc) is 3.18. The van der Waals surface area contributed by atoms with Crippen molar-refractivity contribution in [1.82, 2.24) is 19.6 Å². The zero-order valence-electron chi connectivity index (χ0n) is 17.4. The summed E-state index contributed by atoms with van der Waals surface area (Å²) in [7, 11) is 0. The summed E-state index contributed by atoms with van der Waals surface area (Å²) in [5.74, 6) is 1.07. The van der Waals surface area contributed by atoms with Gasteiger partial charge in [0.25, 0.3) is 0 Å². The van der Waals surface area contributed by atoms with E-state index in [1.54, 1.807) is 41.8 Å². The third-order valence-electron chi connectivity index (χ3n) is 4.76. The van der Waals surface area contributed by atoms with E-state index in [4.69, 9.17) is 9.72 Å². The van der Waals surface area contributed by atoms with Crippen molar-refractivity contribution in [1.29, 1.82) is 0 Å². The van der Waals surface area contributed by atoms with Crippen molar-refractivity contribution in [3.63, 3.8) is 0 Å². The van der Waals surface area contributed by atoms with Crippen LogP contribution in [-0.4, -0.2) is 42.0 Å². The van der Waals surface area contributed by atoms with E-state index >= 15 is 0 Å². The van der Waals surface area contributed by atoms with Crippen LogP contribution < -0.4 is 0 Å². The second-order valence-corrected chi connectivity index (χ2v) is 12.0. The Hall–Kier alpha value is -1.16. The number of carbonyl (C=O) groups is 1. The van der Waals surface area contributed by atoms with Crippen LogP contribution in [0.15, 0.2) is 10.3 Å². The summed E-state index contributed by atoms with van der Waals surface area (Å²) in [6, 6.07) is 0. The molecule has 0 saturated carbocycles. The summed E-state index contributed by atoms with van der Waals surface area (Å²) >= 11 is 5.10. The lowest BCUT2D eigenvalue weighted by atomic mass is 9.94. The van der Waals surface area contributed by atoms with E-state index in [1.807, 2.05) is 0 Å². The Kier molecular flexibility index (Phi) is 5.94. The van der Waals surface area contributed by atoms with Gasteiger partial charge in [-0.2, -0.15) is 0 Å². The maximum atomic E-state index is 11.2. The SMILES string of the molecule is CC(=O)CCCSc1nnc2c3c4c(sc3nc(SC(C)C)n12)COC(C)(C)C4. The van der Waals surface area contributed by atoms with Gasteiger partial charge in [0.15, 0.2) is 16.0 Å². The van der Waals surface area contributed by atoms with Gasteiger partial charge in [-0.1, -0.05) is 37.4 Å². The van der Waals surface area contributed by atoms with Crippen LogP contribution in [0.1, 0.15) is 57.9 Å². The quantitative estimate of drug-likeness (QED) is 0.280. The van der Waals surface area contributed by atoms with Gasteiger partial charge in [-0.05, 0) is 32.8 Å². The average molecular weight is 451 g/mol. The first-order valence-electron chi connectivity index (χ1n) is 9.87. The van der Waals surface area contributed by atoms with Gasteiger partial charge in [0.2, 0.25) is 0 Å². The molecule has 0 radical (unpaired) electrons. The van der Waals surface area contributed by atoms with Crippen molar-refractivity contribution in [3.05, 3.63) is 10.4 Å². The van der Waals surface area contributed by atoms with Crippen molar-refractivity contribution < 1.29 is 9.53 Å². The predicted molar refractivity (Wildman–Crippen MR) is 120 cm³/mol. The third-order valence-corrected chi connectivity index (χ3v) is 7.83. The van der Waals surface area contributed by atoms with Crippen LogP contribution in [0.5, 0.6) is 0 Å². The first-order valence-corrected chi connectivity index (χ1v) is 12.6. The first-order chi connectivity index (χ1) is 13.7. The predicted octanol–water partition coefficient (Wildman–Crippen LogP) is 5.15. The number of thiophene rings is 1. The zero-order valence-corrected chi connectivity index (χ0v) is 19.9. The van der Waals surface area contributed by atoms with Gasteiger partial charge in [-0.3, -0.25) is 0 Å². The van der Waals surface area contributed by atoms with E-state index in [2.05, 4.69) is 42.3 Å². The molecule has 4 heterocycles. The Morgan fingerprint density at radius 1 is 1.31 bits per heavy atom. The number of aromatic nitrogens is 4. The molecular weight excluding hydrogens is 424 g/mol. The number of ether oxygens (including phenoxy) is 1. The largest absolute Gasteiger partial charge is 0.370 e. The van der Waals surface area contributed by atoms with Crippen LogP contribution >= 0.6 is 34.9 Å². The summed E-state index contributed by atoms with van der Waals surface area (Å²) in [5, 5.41) is 12.4. The third kappa shape index (κ3) is 4.33. The molecule has 0 atom stereocenters. The molecule has 0 bridgehead atoms. The van der Waals surface area contributed by atoms with Crippen LogP contribution in [0.25, 0.3) is 15.9 Å². The molecule has 156 valence electrons. The Morgan fingerprint density at radius 3 is 2.83 bits per heavy atom. The molecule has 9 heteroatoms. The standard InChI is InChI=1S/C20H26N4O2S3/c1-11(2)28-18-21-17-15(13-9-20(4,5)26-10-14(13)29-17)16-22-23-19(24(16)18)27-8-6-7-12(3)25/h11H,6-10H2,1-5H3. The molecule has 0 saturated heterocycles. The smallest absolute Gasteiger partial charge is 0.197 e. The number of carbonyl (C=O) groups excluding carboxylic acids is 1. The number of Topliss-reactive ketones (excluding diaryl/α,β-unsaturated/α-hetero) is 1. The molecule has 0 aliphatic carbocycles. The molecule has 6 nitrogen and oxygen atoms in total. The Balaban J connectivity index is 1.81. The molecule has 29 heavy (non-hydrogen) atoms. The molecule has 3 aromatic rings. The highest BCUT2D eigenvalue weighted by Crippen LogP contribution is 2.41. The van der Waals surface area contributed by atoms with E-state index in [9.17, 15) is 4.79 Å². The zero-order chi connectivity index (χ0) is 20.8. The Labute approximate surface area is 183 Å². The van der Waals surface area contributed by atoms with Gasteiger partial charge in [0.05, 0.1) is 17.6 Å². The highest BCUT2D eigenvalue weighted by atomic mass is 32.2. The highest BCUT2D eigenvalue weighted by molar-refractivity contribution is 8.00. The van der Waals surface area contributed by atoms with E-state index in [0.29, 0.717) is 18.3 Å². The lowest BCUT2D eigenvalue weighted by Gasteiger charge is -2.30. The highest BCUT2D eigenvalue weighted by Gasteiger charge is 2.31. The van der Waals surface area contributed by atoms with Gasteiger partial charge in [-0.25, -0.2) is 9.38 Å². The molecule has 0 spiro atoms. The maximum absolute atomic E-state index is 11.2. The Morgan fingerprint density at radius 2 is 2.10 bits per heavy atom. The van der Waals surface area contributed by atoms with Gasteiger partial charge < -0.3 is 9.53 Å². The number of rotatable bonds is 7. The summed E-state index contributed by atoms with van der Waals surface area (Å²) < 4.78 is 8.13. The van der Waals surface area contributed by atoms with E-state index in [-0.39, 0.29) is 11.4 Å². The van der Waals surface area contributed by atoms with Gasteiger partial charge in [0.1, 0.15) is 10.6 Å². The molecule has 4 rings (SSSR count). The first kappa shape index (κ1) is 21.1. The van der Waals surface area contributed by atoms with E-state index < -0.39 is 0 Å². The van der Waals surface area contributed by atoms with Crippen molar-refractivity contribution in [2.24, 2.45) is 0 Å². The number of hydrogen-bond acceptors (Lipinski definition) is 8. The number of hydrogen-bond donors (Lipinski definition) is 0. The topological polar surface area (TPSA) is 69.4 Å². The van der Waals surface area contributed by atoms with Crippen molar-refractivity contribution in [2.75, 3.05) is 5.75 Å². The molecule has 1 aliphatic rings. The summed E-state index contributed by atoms with van der Waals surface area (Å²) in [6.45, 7) is 10.9. The lowest BCUT2D eigenvalue weighted by Crippen LogP contribution is -2.31. The van der Waals surface area contributed by atoms with Crippen molar-refractivity contribution in [2.45, 2.75) is 81.7 Å². The minimum absolute atomic E-state index is 0.187. The maximum Gasteiger partial charge on any atom is 0.197 e. The van der Waals surface area contributed by atoms with Crippen LogP contribution in [0.4, 0.5) is 0 Å². The fraction of sp³-hybridized carbons (Fsp3) is 0.600. The summed E-state index contributed by atoms with van der Waals surface area (Å²) in [6.07, 6.45) is 2.30. The van der Waals surface area contributed by atoms with Gasteiger partial charge >= 0.3 is 0 Å². The lowest BCUT2D eigenvalue weighted by molar-refractivity contribution is -0.117. The molecule has 0 amide bonds. The number of thioether (sulfide) groups is 2. The summed E-state index contributed by atoms with van der Waals surface area (Å²) in [4.78, 5) is 18.5. The number of ketones is 1. The molecule has 3 aromatic heterocycles. The molecule has 0 aromatic carbocycles. The molecule has 0 N–H and O–H groups in total. The van der Waals surface area contributed by atoms with Crippen LogP contribution in [0.2, 0.25) is 0 Å². The number of fused-ring (bicyclic) bond motifs is 5. The van der Waals surface area contributed by atoms with Crippen LogP contribution in [0, 0.1) is 0 Å². The second kappa shape index (κ2) is 8.17. The minimum Gasteiger partial charge on any atom is -0.370 e. The monoisotopic (exact) mass is 450 g/mol. The van der Waals surface area contributed by atoms with Crippen molar-refractivity contribution >= 4 is 56.5 Å². The molecule has 0 unspecified atom stereocenters. The summed E-state index contributed by atoms with van der Waals surface area (Å²) in [5.41, 5.74) is 2.01. The molecular formula is C20H26N4O2S3. The fourth-order valence-electron chi connectivity index (χ4n) is 3.46. The van der Waals surface area contributed by atoms with Crippen LogP contribution in [-0.2, 0) is 22.6 Å². The van der Waals surface area contributed by atoms with E-state index in [0.717, 1.165) is 44.8 Å². The van der Waals surface area contributed by atoms with Crippen LogP contribution in [0.3, 0.4) is 0 Å². The van der Waals surface area contributed by atoms with Gasteiger partial charge in [0, 0.05) is 28.7 Å². The normalized spacial score (nSPS) is 16.1. The van der Waals surface area contributed by atoms with Crippen molar-refractivity contribution in [3.8, 4) is 0 Å². The second-order valence-electron chi connectivity index (χ2n) is 8.27. The van der Waals surface area contributed by atoms with Gasteiger partial charge in [-0.15, -0.1) is 21.5 Å². The van der Waals surface area contributed by atoms with E-state index in [1.165, 1.54) is 10.4 Å². The fourth-order valence-corrected chi connectivity index (χ4v) is 6.39. The molecule has 0 fully saturated rings.